The van der Waals surface area contributed by atoms with Crippen LogP contribution >= 0.6 is 0 Å². The second-order valence-electron chi connectivity index (χ2n) is 5.53. The molecular weight excluding hydrogens is 320 g/mol. The molecule has 2 fully saturated rings. The van der Waals surface area contributed by atoms with E-state index in [2.05, 4.69) is 0 Å². The first-order chi connectivity index (χ1) is 10.8. The van der Waals surface area contributed by atoms with Gasteiger partial charge in [-0.2, -0.15) is 0 Å². The zero-order valence-electron chi connectivity index (χ0n) is 12.0. The second-order valence-corrected chi connectivity index (χ2v) is 5.53. The van der Waals surface area contributed by atoms with Crippen molar-refractivity contribution in [2.75, 3.05) is 13.2 Å². The summed E-state index contributed by atoms with van der Waals surface area (Å²) in [5, 5.41) is 76.7. The predicted octanol–water partition coefficient (Wildman–Crippen LogP) is -5.40. The molecule has 136 valence electrons. The molecule has 2 heterocycles. The van der Waals surface area contributed by atoms with Crippen LogP contribution < -0.4 is 0 Å². The van der Waals surface area contributed by atoms with E-state index in [1.807, 2.05) is 0 Å². The van der Waals surface area contributed by atoms with Crippen molar-refractivity contribution in [1.82, 2.24) is 0 Å². The minimum Gasteiger partial charge on any atom is -0.394 e. The Kier molecular flexibility index (Phi) is 6.27. The summed E-state index contributed by atoms with van der Waals surface area (Å²) in [7, 11) is 0. The molecule has 10 atom stereocenters. The van der Waals surface area contributed by atoms with Crippen LogP contribution in [-0.2, 0) is 14.2 Å². The first-order valence-corrected chi connectivity index (χ1v) is 7.08. The quantitative estimate of drug-likeness (QED) is 0.243. The van der Waals surface area contributed by atoms with E-state index >= 15 is 0 Å². The molecule has 0 aliphatic carbocycles. The van der Waals surface area contributed by atoms with E-state index in [0.29, 0.717) is 0 Å². The molecule has 0 bridgehead atoms. The molecule has 2 saturated heterocycles. The van der Waals surface area contributed by atoms with Crippen LogP contribution in [-0.4, -0.2) is 115 Å². The SMILES string of the molecule is OC[C@H]1O[C@H](O)[C@H](O[C@H]2O[C@H](CO)[C@@H](O)[C@H](O)[C@@H]2O)[C@@H](O)[C@H]1O. The average Bonchev–Trinajstić information content (AvgIpc) is 2.54. The van der Waals surface area contributed by atoms with Crippen molar-refractivity contribution in [1.29, 1.82) is 0 Å². The van der Waals surface area contributed by atoms with E-state index in [4.69, 9.17) is 24.4 Å². The van der Waals surface area contributed by atoms with Crippen molar-refractivity contribution in [3.05, 3.63) is 0 Å². The normalized spacial score (nSPS) is 51.7. The van der Waals surface area contributed by atoms with Crippen LogP contribution in [0.4, 0.5) is 0 Å². The molecular formula is C12H22O11. The van der Waals surface area contributed by atoms with E-state index in [1.54, 1.807) is 0 Å². The molecule has 11 heteroatoms. The van der Waals surface area contributed by atoms with E-state index in [-0.39, 0.29) is 0 Å². The van der Waals surface area contributed by atoms with Gasteiger partial charge in [0.2, 0.25) is 0 Å². The molecule has 0 aromatic rings. The Morgan fingerprint density at radius 3 is 1.74 bits per heavy atom. The molecule has 0 unspecified atom stereocenters. The number of ether oxygens (including phenoxy) is 3. The van der Waals surface area contributed by atoms with Gasteiger partial charge in [0.15, 0.2) is 12.6 Å². The first kappa shape index (κ1) is 18.9. The van der Waals surface area contributed by atoms with Crippen molar-refractivity contribution in [2.45, 2.75) is 61.4 Å². The largest absolute Gasteiger partial charge is 0.394 e. The van der Waals surface area contributed by atoms with Gasteiger partial charge in [0.1, 0.15) is 48.8 Å². The highest BCUT2D eigenvalue weighted by atomic mass is 16.7. The molecule has 0 saturated carbocycles. The highest BCUT2D eigenvalue weighted by Crippen LogP contribution is 2.28. The van der Waals surface area contributed by atoms with Gasteiger partial charge in [-0.3, -0.25) is 0 Å². The molecule has 2 aliphatic heterocycles. The van der Waals surface area contributed by atoms with Crippen LogP contribution in [0.2, 0.25) is 0 Å². The van der Waals surface area contributed by atoms with Crippen LogP contribution in [0.5, 0.6) is 0 Å². The molecule has 0 amide bonds. The maximum absolute atomic E-state index is 9.94. The summed E-state index contributed by atoms with van der Waals surface area (Å²) in [6.45, 7) is -1.33. The smallest absolute Gasteiger partial charge is 0.187 e. The Labute approximate surface area is 130 Å². The lowest BCUT2D eigenvalue weighted by molar-refractivity contribution is -0.361. The van der Waals surface area contributed by atoms with Gasteiger partial charge in [-0.15, -0.1) is 0 Å². The van der Waals surface area contributed by atoms with Crippen LogP contribution in [0, 0.1) is 0 Å². The van der Waals surface area contributed by atoms with Gasteiger partial charge in [-0.05, 0) is 0 Å². The van der Waals surface area contributed by atoms with Gasteiger partial charge in [-0.1, -0.05) is 0 Å². The zero-order valence-corrected chi connectivity index (χ0v) is 12.0. The van der Waals surface area contributed by atoms with Gasteiger partial charge in [0, 0.05) is 0 Å². The molecule has 8 N–H and O–H groups in total. The number of hydrogen-bond acceptors (Lipinski definition) is 11. The summed E-state index contributed by atoms with van der Waals surface area (Å²) in [5.74, 6) is 0. The lowest BCUT2D eigenvalue weighted by atomic mass is 9.97. The fourth-order valence-electron chi connectivity index (χ4n) is 2.55. The summed E-state index contributed by atoms with van der Waals surface area (Å²) in [6, 6.07) is 0. The minimum atomic E-state index is -1.75. The number of aliphatic hydroxyl groups excluding tert-OH is 8. The van der Waals surface area contributed by atoms with Crippen molar-refractivity contribution >= 4 is 0 Å². The standard InChI is InChI=1S/C12H22O11/c13-1-3-6(16)8(18)10(11(20)21-3)23-12-9(19)7(17)5(15)4(2-14)22-12/h3-20H,1-2H2/t3-,4-,5-,6+,7+,8+,9+,10-,11+,12-/m1/s1. The number of aliphatic hydroxyl groups is 8. The fraction of sp³-hybridized carbons (Fsp3) is 1.00. The fourth-order valence-corrected chi connectivity index (χ4v) is 2.55. The molecule has 23 heavy (non-hydrogen) atoms. The number of rotatable bonds is 4. The molecule has 11 nitrogen and oxygen atoms in total. The lowest BCUT2D eigenvalue weighted by Crippen LogP contribution is -2.64. The van der Waals surface area contributed by atoms with Gasteiger partial charge in [0.05, 0.1) is 13.2 Å². The van der Waals surface area contributed by atoms with Crippen LogP contribution in [0.3, 0.4) is 0 Å². The Morgan fingerprint density at radius 2 is 1.17 bits per heavy atom. The van der Waals surface area contributed by atoms with Crippen molar-refractivity contribution < 1.29 is 55.1 Å². The van der Waals surface area contributed by atoms with Gasteiger partial charge in [-0.25, -0.2) is 0 Å². The average molecular weight is 342 g/mol. The highest BCUT2D eigenvalue weighted by Gasteiger charge is 2.50. The molecule has 2 rings (SSSR count). The molecule has 0 aromatic heterocycles. The molecule has 0 aromatic carbocycles. The predicted molar refractivity (Wildman–Crippen MR) is 68.6 cm³/mol. The third kappa shape index (κ3) is 3.65. The first-order valence-electron chi connectivity index (χ1n) is 7.08. The van der Waals surface area contributed by atoms with E-state index in [9.17, 15) is 30.6 Å². The topological polar surface area (TPSA) is 190 Å². The Balaban J connectivity index is 2.08. The zero-order chi connectivity index (χ0) is 17.3. The lowest BCUT2D eigenvalue weighted by Gasteiger charge is -2.44. The minimum absolute atomic E-state index is 0.651. The van der Waals surface area contributed by atoms with Gasteiger partial charge >= 0.3 is 0 Å². The summed E-state index contributed by atoms with van der Waals surface area (Å²) in [6.07, 6.45) is -15.6. The van der Waals surface area contributed by atoms with Gasteiger partial charge in [0.25, 0.3) is 0 Å². The number of hydrogen-bond donors (Lipinski definition) is 8. The molecule has 0 radical (unpaired) electrons. The second kappa shape index (κ2) is 7.63. The van der Waals surface area contributed by atoms with E-state index in [0.717, 1.165) is 0 Å². The maximum atomic E-state index is 9.94. The van der Waals surface area contributed by atoms with Crippen LogP contribution in [0.25, 0.3) is 0 Å². The third-order valence-electron chi connectivity index (χ3n) is 3.98. The monoisotopic (exact) mass is 342 g/mol. The maximum Gasteiger partial charge on any atom is 0.187 e. The summed E-state index contributed by atoms with van der Waals surface area (Å²) >= 11 is 0. The van der Waals surface area contributed by atoms with E-state index < -0.39 is 74.6 Å². The Bertz CT molecular complexity index is 380. The van der Waals surface area contributed by atoms with Crippen LogP contribution in [0.15, 0.2) is 0 Å². The Hall–Kier alpha value is -0.440. The summed E-state index contributed by atoms with van der Waals surface area (Å²) < 4.78 is 15.1. The van der Waals surface area contributed by atoms with Gasteiger partial charge < -0.3 is 55.1 Å². The molecule has 0 spiro atoms. The Morgan fingerprint density at radius 1 is 0.652 bits per heavy atom. The summed E-state index contributed by atoms with van der Waals surface area (Å²) in [5.41, 5.74) is 0. The molecule has 2 aliphatic rings. The van der Waals surface area contributed by atoms with Crippen molar-refractivity contribution in [3.8, 4) is 0 Å². The summed E-state index contributed by atoms with van der Waals surface area (Å²) in [4.78, 5) is 0. The highest BCUT2D eigenvalue weighted by molar-refractivity contribution is 4.93. The van der Waals surface area contributed by atoms with Crippen molar-refractivity contribution in [3.63, 3.8) is 0 Å². The van der Waals surface area contributed by atoms with E-state index in [1.165, 1.54) is 0 Å². The van der Waals surface area contributed by atoms with Crippen LogP contribution in [0.1, 0.15) is 0 Å². The van der Waals surface area contributed by atoms with Crippen molar-refractivity contribution in [2.24, 2.45) is 0 Å². The third-order valence-corrected chi connectivity index (χ3v) is 3.98.